The number of amides is 2. The predicted molar refractivity (Wildman–Crippen MR) is 127 cm³/mol. The molecule has 0 spiro atoms. The summed E-state index contributed by atoms with van der Waals surface area (Å²) in [6.45, 7) is 2.72. The van der Waals surface area contributed by atoms with Crippen molar-refractivity contribution in [3.63, 3.8) is 0 Å². The molecule has 1 atom stereocenters. The molecule has 0 bridgehead atoms. The summed E-state index contributed by atoms with van der Waals surface area (Å²) >= 11 is 0. The molecule has 0 aromatic heterocycles. The standard InChI is InChI=1S/C26H27N3O3/c1-18-10-15-23(32-2)22(17-18)28-26(31)25(19-7-4-3-5-8-19)27-20-11-13-21(14-12-20)29-16-6-9-24(29)30/h3-5,7-8,10-15,17,25,27H,6,9,16H2,1-2H3,(H,28,31). The minimum Gasteiger partial charge on any atom is -0.495 e. The van der Waals surface area contributed by atoms with E-state index < -0.39 is 6.04 Å². The maximum absolute atomic E-state index is 13.3. The summed E-state index contributed by atoms with van der Waals surface area (Å²) in [4.78, 5) is 27.1. The number of hydrogen-bond acceptors (Lipinski definition) is 4. The zero-order valence-corrected chi connectivity index (χ0v) is 18.3. The number of nitrogens with one attached hydrogen (secondary N) is 2. The quantitative estimate of drug-likeness (QED) is 0.559. The Bertz CT molecular complexity index is 1100. The maximum Gasteiger partial charge on any atom is 0.251 e. The van der Waals surface area contributed by atoms with Crippen LogP contribution in [0.3, 0.4) is 0 Å². The van der Waals surface area contributed by atoms with E-state index in [0.29, 0.717) is 17.9 Å². The van der Waals surface area contributed by atoms with E-state index in [-0.39, 0.29) is 11.8 Å². The summed E-state index contributed by atoms with van der Waals surface area (Å²) in [7, 11) is 1.58. The van der Waals surface area contributed by atoms with E-state index in [1.165, 1.54) is 0 Å². The van der Waals surface area contributed by atoms with Crippen LogP contribution in [-0.2, 0) is 9.59 Å². The lowest BCUT2D eigenvalue weighted by molar-refractivity contribution is -0.117. The molecule has 3 aromatic rings. The molecule has 1 aliphatic rings. The summed E-state index contributed by atoms with van der Waals surface area (Å²) < 4.78 is 5.41. The highest BCUT2D eigenvalue weighted by Crippen LogP contribution is 2.29. The Hall–Kier alpha value is -3.80. The molecule has 1 aliphatic heterocycles. The summed E-state index contributed by atoms with van der Waals surface area (Å²) in [6.07, 6.45) is 1.48. The van der Waals surface area contributed by atoms with Gasteiger partial charge >= 0.3 is 0 Å². The molecule has 0 radical (unpaired) electrons. The van der Waals surface area contributed by atoms with Gasteiger partial charge in [-0.25, -0.2) is 0 Å². The third kappa shape index (κ3) is 4.75. The van der Waals surface area contributed by atoms with Gasteiger partial charge in [0, 0.05) is 24.3 Å². The van der Waals surface area contributed by atoms with Crippen molar-refractivity contribution in [2.45, 2.75) is 25.8 Å². The van der Waals surface area contributed by atoms with Crippen LogP contribution in [0.15, 0.2) is 72.8 Å². The number of aryl methyl sites for hydroxylation is 1. The molecule has 6 heteroatoms. The number of carbonyl (C=O) groups is 2. The van der Waals surface area contributed by atoms with Crippen LogP contribution in [0.25, 0.3) is 0 Å². The Kier molecular flexibility index (Phi) is 6.40. The van der Waals surface area contributed by atoms with Crippen molar-refractivity contribution in [1.82, 2.24) is 0 Å². The van der Waals surface area contributed by atoms with Crippen LogP contribution in [0.4, 0.5) is 17.1 Å². The predicted octanol–water partition coefficient (Wildman–Crippen LogP) is 4.92. The first-order valence-electron chi connectivity index (χ1n) is 10.7. The highest BCUT2D eigenvalue weighted by atomic mass is 16.5. The monoisotopic (exact) mass is 429 g/mol. The van der Waals surface area contributed by atoms with Crippen molar-refractivity contribution >= 4 is 28.9 Å². The van der Waals surface area contributed by atoms with Gasteiger partial charge in [0.15, 0.2) is 0 Å². The number of nitrogens with zero attached hydrogens (tertiary/aromatic N) is 1. The van der Waals surface area contributed by atoms with Gasteiger partial charge in [-0.2, -0.15) is 0 Å². The van der Waals surface area contributed by atoms with E-state index in [9.17, 15) is 9.59 Å². The normalized spacial score (nSPS) is 14.2. The van der Waals surface area contributed by atoms with E-state index in [0.717, 1.165) is 35.5 Å². The molecule has 32 heavy (non-hydrogen) atoms. The summed E-state index contributed by atoms with van der Waals surface area (Å²) in [6, 6.07) is 22.3. The third-order valence-corrected chi connectivity index (χ3v) is 5.57. The highest BCUT2D eigenvalue weighted by Gasteiger charge is 2.23. The van der Waals surface area contributed by atoms with Crippen LogP contribution in [0, 0.1) is 6.92 Å². The fourth-order valence-electron chi connectivity index (χ4n) is 3.90. The van der Waals surface area contributed by atoms with Crippen LogP contribution < -0.4 is 20.3 Å². The highest BCUT2D eigenvalue weighted by molar-refractivity contribution is 5.99. The summed E-state index contributed by atoms with van der Waals surface area (Å²) in [5.74, 6) is 0.564. The average Bonchev–Trinajstić information content (AvgIpc) is 3.24. The van der Waals surface area contributed by atoms with Crippen molar-refractivity contribution in [2.75, 3.05) is 29.2 Å². The van der Waals surface area contributed by atoms with Crippen molar-refractivity contribution in [3.05, 3.63) is 83.9 Å². The number of hydrogen-bond donors (Lipinski definition) is 2. The second-order valence-corrected chi connectivity index (χ2v) is 7.88. The lowest BCUT2D eigenvalue weighted by atomic mass is 10.1. The molecule has 2 amide bonds. The van der Waals surface area contributed by atoms with Crippen molar-refractivity contribution in [2.24, 2.45) is 0 Å². The van der Waals surface area contributed by atoms with Crippen molar-refractivity contribution in [1.29, 1.82) is 0 Å². The first-order chi connectivity index (χ1) is 15.5. The van der Waals surface area contributed by atoms with Crippen LogP contribution in [0.1, 0.15) is 30.0 Å². The summed E-state index contributed by atoms with van der Waals surface area (Å²) in [5.41, 5.74) is 4.17. The minimum absolute atomic E-state index is 0.152. The molecule has 0 aliphatic carbocycles. The Morgan fingerprint density at radius 1 is 1.03 bits per heavy atom. The van der Waals surface area contributed by atoms with Gasteiger partial charge in [-0.3, -0.25) is 9.59 Å². The van der Waals surface area contributed by atoms with Gasteiger partial charge in [-0.05, 0) is 60.9 Å². The van der Waals surface area contributed by atoms with E-state index in [1.54, 1.807) is 12.0 Å². The molecule has 164 valence electrons. The molecule has 3 aromatic carbocycles. The van der Waals surface area contributed by atoms with E-state index >= 15 is 0 Å². The zero-order chi connectivity index (χ0) is 22.5. The van der Waals surface area contributed by atoms with E-state index in [2.05, 4.69) is 10.6 Å². The smallest absolute Gasteiger partial charge is 0.251 e. The number of rotatable bonds is 7. The van der Waals surface area contributed by atoms with Gasteiger partial charge in [0.2, 0.25) is 5.91 Å². The molecular weight excluding hydrogens is 402 g/mol. The lowest BCUT2D eigenvalue weighted by Crippen LogP contribution is -2.27. The van der Waals surface area contributed by atoms with Crippen LogP contribution in [0.5, 0.6) is 5.75 Å². The number of ether oxygens (including phenoxy) is 1. The van der Waals surface area contributed by atoms with Gasteiger partial charge < -0.3 is 20.3 Å². The molecule has 1 unspecified atom stereocenters. The van der Waals surface area contributed by atoms with Crippen LogP contribution in [0.2, 0.25) is 0 Å². The Morgan fingerprint density at radius 2 is 1.78 bits per heavy atom. The first-order valence-corrected chi connectivity index (χ1v) is 10.7. The molecule has 6 nitrogen and oxygen atoms in total. The van der Waals surface area contributed by atoms with Gasteiger partial charge in [0.1, 0.15) is 11.8 Å². The third-order valence-electron chi connectivity index (χ3n) is 5.57. The Labute approximate surface area is 188 Å². The van der Waals surface area contributed by atoms with Gasteiger partial charge in [0.05, 0.1) is 12.8 Å². The number of carbonyl (C=O) groups excluding carboxylic acids is 2. The summed E-state index contributed by atoms with van der Waals surface area (Å²) in [5, 5.41) is 6.34. The SMILES string of the molecule is COc1ccc(C)cc1NC(=O)C(Nc1ccc(N2CCCC2=O)cc1)c1ccccc1. The van der Waals surface area contributed by atoms with E-state index in [4.69, 9.17) is 4.74 Å². The molecule has 2 N–H and O–H groups in total. The molecule has 0 saturated carbocycles. The van der Waals surface area contributed by atoms with E-state index in [1.807, 2.05) is 79.7 Å². The van der Waals surface area contributed by atoms with Gasteiger partial charge in [0.25, 0.3) is 5.91 Å². The molecule has 1 saturated heterocycles. The van der Waals surface area contributed by atoms with Crippen LogP contribution >= 0.6 is 0 Å². The number of benzene rings is 3. The second kappa shape index (κ2) is 9.56. The fraction of sp³-hybridized carbons (Fsp3) is 0.231. The largest absolute Gasteiger partial charge is 0.495 e. The van der Waals surface area contributed by atoms with Crippen molar-refractivity contribution < 1.29 is 14.3 Å². The fourth-order valence-corrected chi connectivity index (χ4v) is 3.90. The molecular formula is C26H27N3O3. The second-order valence-electron chi connectivity index (χ2n) is 7.88. The number of anilines is 3. The molecule has 4 rings (SSSR count). The first kappa shape index (κ1) is 21.4. The topological polar surface area (TPSA) is 70.7 Å². The lowest BCUT2D eigenvalue weighted by Gasteiger charge is -2.22. The van der Waals surface area contributed by atoms with Gasteiger partial charge in [-0.15, -0.1) is 0 Å². The van der Waals surface area contributed by atoms with Crippen LogP contribution in [-0.4, -0.2) is 25.5 Å². The molecule has 1 heterocycles. The minimum atomic E-state index is -0.610. The molecule has 1 fully saturated rings. The maximum atomic E-state index is 13.3. The average molecular weight is 430 g/mol. The Morgan fingerprint density at radius 3 is 2.44 bits per heavy atom. The number of methoxy groups -OCH3 is 1. The zero-order valence-electron chi connectivity index (χ0n) is 18.3. The van der Waals surface area contributed by atoms with Gasteiger partial charge in [-0.1, -0.05) is 36.4 Å². The van der Waals surface area contributed by atoms with Crippen molar-refractivity contribution in [3.8, 4) is 5.75 Å². The Balaban J connectivity index is 1.57.